The molecule has 0 aliphatic heterocycles. The number of hydrogen-bond acceptors (Lipinski definition) is 4. The SMILES string of the molecule is COC(CC(NC(=O)OCC1c2ccccc2-c2ccccc21)C(=O)O)C1CC1. The van der Waals surface area contributed by atoms with Gasteiger partial charge in [-0.25, -0.2) is 9.59 Å². The molecule has 1 saturated carbocycles. The first-order valence-corrected chi connectivity index (χ1v) is 9.95. The fraction of sp³-hybridized carbons (Fsp3) is 0.391. The van der Waals surface area contributed by atoms with Gasteiger partial charge in [-0.2, -0.15) is 0 Å². The topological polar surface area (TPSA) is 84.9 Å². The third-order valence-electron chi connectivity index (χ3n) is 5.85. The molecule has 2 aliphatic rings. The maximum absolute atomic E-state index is 12.4. The molecule has 2 N–H and O–H groups in total. The second kappa shape index (κ2) is 8.25. The van der Waals surface area contributed by atoms with Crippen LogP contribution >= 0.6 is 0 Å². The Kier molecular flexibility index (Phi) is 5.53. The Morgan fingerprint density at radius 1 is 1.07 bits per heavy atom. The number of fused-ring (bicyclic) bond motifs is 3. The van der Waals surface area contributed by atoms with Crippen LogP contribution in [0, 0.1) is 5.92 Å². The summed E-state index contributed by atoms with van der Waals surface area (Å²) in [6.07, 6.45) is 1.43. The lowest BCUT2D eigenvalue weighted by Crippen LogP contribution is -2.44. The van der Waals surface area contributed by atoms with Gasteiger partial charge in [0, 0.05) is 19.4 Å². The number of aliphatic carboxylic acids is 1. The number of nitrogens with one attached hydrogen (secondary N) is 1. The molecule has 2 aliphatic carbocycles. The lowest BCUT2D eigenvalue weighted by Gasteiger charge is -2.21. The first kappa shape index (κ1) is 19.5. The summed E-state index contributed by atoms with van der Waals surface area (Å²) in [4.78, 5) is 23.9. The molecule has 2 aromatic carbocycles. The summed E-state index contributed by atoms with van der Waals surface area (Å²) in [5.41, 5.74) is 4.52. The van der Waals surface area contributed by atoms with Crippen molar-refractivity contribution in [1.29, 1.82) is 0 Å². The number of alkyl carbamates (subject to hydrolysis) is 1. The van der Waals surface area contributed by atoms with Crippen molar-refractivity contribution in [2.45, 2.75) is 37.3 Å². The number of amides is 1. The summed E-state index contributed by atoms with van der Waals surface area (Å²) in [6, 6.07) is 15.1. The van der Waals surface area contributed by atoms with Gasteiger partial charge in [0.1, 0.15) is 12.6 Å². The van der Waals surface area contributed by atoms with Crippen molar-refractivity contribution < 1.29 is 24.2 Å². The minimum atomic E-state index is -1.08. The van der Waals surface area contributed by atoms with Crippen molar-refractivity contribution in [2.24, 2.45) is 5.92 Å². The fourth-order valence-electron chi connectivity index (χ4n) is 4.19. The molecule has 0 spiro atoms. The summed E-state index contributed by atoms with van der Waals surface area (Å²) >= 11 is 0. The lowest BCUT2D eigenvalue weighted by atomic mass is 9.98. The third kappa shape index (κ3) is 4.12. The van der Waals surface area contributed by atoms with Gasteiger partial charge in [0.05, 0.1) is 6.10 Å². The number of carbonyl (C=O) groups is 2. The van der Waals surface area contributed by atoms with Crippen molar-refractivity contribution in [3.8, 4) is 11.1 Å². The van der Waals surface area contributed by atoms with Crippen LogP contribution in [0.5, 0.6) is 0 Å². The Balaban J connectivity index is 1.41. The van der Waals surface area contributed by atoms with Gasteiger partial charge >= 0.3 is 12.1 Å². The first-order chi connectivity index (χ1) is 14.1. The van der Waals surface area contributed by atoms with Crippen molar-refractivity contribution in [3.05, 3.63) is 59.7 Å². The zero-order valence-electron chi connectivity index (χ0n) is 16.3. The standard InChI is InChI=1S/C23H25NO5/c1-28-21(14-10-11-14)12-20(22(25)26)24-23(27)29-13-19-17-8-4-2-6-15(17)16-7-3-5-9-18(16)19/h2-9,14,19-21H,10-13H2,1H3,(H,24,27)(H,25,26). The van der Waals surface area contributed by atoms with Crippen molar-refractivity contribution in [3.63, 3.8) is 0 Å². The van der Waals surface area contributed by atoms with E-state index in [4.69, 9.17) is 9.47 Å². The number of ether oxygens (including phenoxy) is 2. The van der Waals surface area contributed by atoms with Crippen LogP contribution in [0.4, 0.5) is 4.79 Å². The molecule has 0 radical (unpaired) electrons. The minimum Gasteiger partial charge on any atom is -0.480 e. The average molecular weight is 395 g/mol. The number of carboxylic acid groups (broad SMARTS) is 1. The van der Waals surface area contributed by atoms with Crippen LogP contribution in [0.1, 0.15) is 36.3 Å². The Morgan fingerprint density at radius 3 is 2.17 bits per heavy atom. The van der Waals surface area contributed by atoms with Gasteiger partial charge in [-0.1, -0.05) is 48.5 Å². The van der Waals surface area contributed by atoms with Crippen molar-refractivity contribution in [1.82, 2.24) is 5.32 Å². The molecule has 6 heteroatoms. The van der Waals surface area contributed by atoms with Gasteiger partial charge in [-0.05, 0) is 41.0 Å². The zero-order valence-corrected chi connectivity index (χ0v) is 16.3. The average Bonchev–Trinajstić information content (AvgIpc) is 3.52. The van der Waals surface area contributed by atoms with E-state index in [9.17, 15) is 14.7 Å². The minimum absolute atomic E-state index is 0.0605. The van der Waals surface area contributed by atoms with Gasteiger partial charge in [-0.15, -0.1) is 0 Å². The predicted octanol–water partition coefficient (Wildman–Crippen LogP) is 3.79. The molecule has 4 rings (SSSR count). The molecule has 6 nitrogen and oxygen atoms in total. The maximum Gasteiger partial charge on any atom is 0.407 e. The maximum atomic E-state index is 12.4. The van der Waals surface area contributed by atoms with E-state index in [1.54, 1.807) is 7.11 Å². The van der Waals surface area contributed by atoms with Gasteiger partial charge in [0.25, 0.3) is 0 Å². The van der Waals surface area contributed by atoms with E-state index in [1.807, 2.05) is 36.4 Å². The summed E-state index contributed by atoms with van der Waals surface area (Å²) in [5.74, 6) is -0.762. The second-order valence-corrected chi connectivity index (χ2v) is 7.71. The van der Waals surface area contributed by atoms with Crippen LogP contribution in [0.15, 0.2) is 48.5 Å². The van der Waals surface area contributed by atoms with E-state index < -0.39 is 18.1 Å². The quantitative estimate of drug-likeness (QED) is 0.710. The van der Waals surface area contributed by atoms with Gasteiger partial charge in [-0.3, -0.25) is 0 Å². The summed E-state index contributed by atoms with van der Waals surface area (Å²) in [7, 11) is 1.58. The van der Waals surface area contributed by atoms with E-state index in [0.29, 0.717) is 5.92 Å². The van der Waals surface area contributed by atoms with Gasteiger partial charge < -0.3 is 19.9 Å². The molecule has 152 valence electrons. The molecule has 0 heterocycles. The molecule has 1 fully saturated rings. The van der Waals surface area contributed by atoms with Crippen LogP contribution in [0.3, 0.4) is 0 Å². The third-order valence-corrected chi connectivity index (χ3v) is 5.85. The molecule has 1 amide bonds. The lowest BCUT2D eigenvalue weighted by molar-refractivity contribution is -0.140. The molecule has 0 saturated heterocycles. The highest BCUT2D eigenvalue weighted by Gasteiger charge is 2.36. The molecular formula is C23H25NO5. The van der Waals surface area contributed by atoms with Crippen LogP contribution in [0.2, 0.25) is 0 Å². The molecule has 0 aromatic heterocycles. The van der Waals surface area contributed by atoms with Crippen LogP contribution in [0.25, 0.3) is 11.1 Å². The van der Waals surface area contributed by atoms with Crippen LogP contribution in [-0.2, 0) is 14.3 Å². The van der Waals surface area contributed by atoms with E-state index >= 15 is 0 Å². The van der Waals surface area contributed by atoms with Crippen molar-refractivity contribution >= 4 is 12.1 Å². The number of carboxylic acids is 1. The number of rotatable bonds is 8. The Labute approximate surface area is 169 Å². The molecular weight excluding hydrogens is 370 g/mol. The number of hydrogen-bond donors (Lipinski definition) is 2. The molecule has 2 unspecified atom stereocenters. The highest BCUT2D eigenvalue weighted by Crippen LogP contribution is 2.44. The normalized spacial score (nSPS) is 17.1. The van der Waals surface area contributed by atoms with E-state index in [2.05, 4.69) is 17.4 Å². The second-order valence-electron chi connectivity index (χ2n) is 7.71. The highest BCUT2D eigenvalue weighted by atomic mass is 16.5. The summed E-state index contributed by atoms with van der Waals surface area (Å²) in [5, 5.41) is 12.0. The zero-order chi connectivity index (χ0) is 20.4. The fourth-order valence-corrected chi connectivity index (χ4v) is 4.19. The molecule has 0 bridgehead atoms. The number of carbonyl (C=O) groups excluding carboxylic acids is 1. The first-order valence-electron chi connectivity index (χ1n) is 9.95. The molecule has 2 aromatic rings. The smallest absolute Gasteiger partial charge is 0.407 e. The summed E-state index contributed by atoms with van der Waals surface area (Å²) < 4.78 is 10.9. The van der Waals surface area contributed by atoms with E-state index in [0.717, 1.165) is 35.1 Å². The Hall–Kier alpha value is -2.86. The molecule has 29 heavy (non-hydrogen) atoms. The molecule has 2 atom stereocenters. The van der Waals surface area contributed by atoms with E-state index in [-0.39, 0.29) is 25.0 Å². The van der Waals surface area contributed by atoms with Crippen molar-refractivity contribution in [2.75, 3.05) is 13.7 Å². The van der Waals surface area contributed by atoms with E-state index in [1.165, 1.54) is 0 Å². The van der Waals surface area contributed by atoms with Crippen LogP contribution in [-0.4, -0.2) is 43.0 Å². The Morgan fingerprint density at radius 2 is 1.66 bits per heavy atom. The highest BCUT2D eigenvalue weighted by molar-refractivity contribution is 5.81. The van der Waals surface area contributed by atoms with Gasteiger partial charge in [0.2, 0.25) is 0 Å². The predicted molar refractivity (Wildman–Crippen MR) is 108 cm³/mol. The van der Waals surface area contributed by atoms with Crippen LogP contribution < -0.4 is 5.32 Å². The number of methoxy groups -OCH3 is 1. The summed E-state index contributed by atoms with van der Waals surface area (Å²) in [6.45, 7) is 0.155. The monoisotopic (exact) mass is 395 g/mol. The van der Waals surface area contributed by atoms with Gasteiger partial charge in [0.15, 0.2) is 0 Å². The Bertz CT molecular complexity index is 862. The number of benzene rings is 2. The largest absolute Gasteiger partial charge is 0.480 e.